The van der Waals surface area contributed by atoms with Gasteiger partial charge in [-0.2, -0.15) is 0 Å². The van der Waals surface area contributed by atoms with Crippen molar-refractivity contribution in [2.24, 2.45) is 0 Å². The number of aliphatic hydroxyl groups excluding tert-OH is 3. The van der Waals surface area contributed by atoms with E-state index in [4.69, 9.17) is 14.6 Å². The highest BCUT2D eigenvalue weighted by atomic mass is 16.7. The second-order valence-electron chi connectivity index (χ2n) is 4.62. The number of hydrogen-bond acceptors (Lipinski definition) is 6. The summed E-state index contributed by atoms with van der Waals surface area (Å²) in [4.78, 5) is 11.1. The summed E-state index contributed by atoms with van der Waals surface area (Å²) >= 11 is 0. The minimum absolute atomic E-state index is 0.187. The summed E-state index contributed by atoms with van der Waals surface area (Å²) in [7, 11) is 0. The van der Waals surface area contributed by atoms with E-state index in [-0.39, 0.29) is 12.0 Å². The molecule has 1 rings (SSSR count). The quantitative estimate of drug-likeness (QED) is 0.484. The van der Waals surface area contributed by atoms with Crippen LogP contribution in [0.4, 0.5) is 0 Å². The van der Waals surface area contributed by atoms with Crippen LogP contribution in [-0.2, 0) is 14.3 Å². The molecule has 0 spiro atoms. The Balaban J connectivity index is 2.83. The van der Waals surface area contributed by atoms with E-state index in [2.05, 4.69) is 5.32 Å². The van der Waals surface area contributed by atoms with Crippen molar-refractivity contribution in [2.45, 2.75) is 57.5 Å². The Labute approximate surface area is 106 Å². The second-order valence-corrected chi connectivity index (χ2v) is 4.62. The molecule has 7 nitrogen and oxygen atoms in total. The molecule has 1 aliphatic heterocycles. The number of carbonyl (C=O) groups excluding carboxylic acids is 1. The van der Waals surface area contributed by atoms with E-state index in [0.717, 1.165) is 0 Å². The number of aliphatic hydroxyl groups is 3. The van der Waals surface area contributed by atoms with E-state index in [9.17, 15) is 15.0 Å². The average Bonchev–Trinajstić information content (AvgIpc) is 2.27. The van der Waals surface area contributed by atoms with Crippen molar-refractivity contribution in [1.29, 1.82) is 0 Å². The Hall–Kier alpha value is -0.730. The van der Waals surface area contributed by atoms with Gasteiger partial charge in [-0.3, -0.25) is 4.79 Å². The van der Waals surface area contributed by atoms with Crippen molar-refractivity contribution < 1.29 is 29.6 Å². The summed E-state index contributed by atoms with van der Waals surface area (Å²) in [6.45, 7) is 4.41. The Kier molecular flexibility index (Phi) is 5.48. The first-order valence-electron chi connectivity index (χ1n) is 5.91. The number of ether oxygens (including phenoxy) is 2. The van der Waals surface area contributed by atoms with Crippen LogP contribution in [0.2, 0.25) is 0 Å². The maximum Gasteiger partial charge on any atom is 0.217 e. The zero-order chi connectivity index (χ0) is 13.9. The molecule has 1 fully saturated rings. The first-order chi connectivity index (χ1) is 8.36. The number of carbonyl (C=O) groups is 1. The minimum atomic E-state index is -1.28. The molecule has 1 heterocycles. The maximum atomic E-state index is 11.1. The van der Waals surface area contributed by atoms with Crippen molar-refractivity contribution in [3.8, 4) is 0 Å². The van der Waals surface area contributed by atoms with Crippen molar-refractivity contribution in [1.82, 2.24) is 5.32 Å². The molecule has 0 aromatic heterocycles. The number of nitrogens with one attached hydrogen (secondary N) is 1. The number of rotatable bonds is 4. The van der Waals surface area contributed by atoms with Crippen LogP contribution in [0.5, 0.6) is 0 Å². The lowest BCUT2D eigenvalue weighted by atomic mass is 9.97. The van der Waals surface area contributed by atoms with E-state index in [1.165, 1.54) is 6.92 Å². The smallest absolute Gasteiger partial charge is 0.217 e. The lowest BCUT2D eigenvalue weighted by molar-refractivity contribution is -0.278. The molecule has 0 saturated carbocycles. The highest BCUT2D eigenvalue weighted by Gasteiger charge is 2.45. The van der Waals surface area contributed by atoms with Crippen molar-refractivity contribution in [2.75, 3.05) is 6.61 Å². The summed E-state index contributed by atoms with van der Waals surface area (Å²) in [5, 5.41) is 31.2. The highest BCUT2D eigenvalue weighted by molar-refractivity contribution is 5.73. The third kappa shape index (κ3) is 3.63. The van der Waals surface area contributed by atoms with Crippen LogP contribution in [0, 0.1) is 0 Å². The van der Waals surface area contributed by atoms with Gasteiger partial charge in [0.2, 0.25) is 5.91 Å². The van der Waals surface area contributed by atoms with Gasteiger partial charge < -0.3 is 30.1 Å². The fraction of sp³-hybridized carbons (Fsp3) is 0.909. The van der Waals surface area contributed by atoms with Crippen molar-refractivity contribution in [3.63, 3.8) is 0 Å². The molecule has 0 aromatic carbocycles. The average molecular weight is 263 g/mol. The molecular formula is C11H21NO6. The van der Waals surface area contributed by atoms with E-state index in [1.807, 2.05) is 0 Å². The molecule has 106 valence electrons. The summed E-state index contributed by atoms with van der Waals surface area (Å²) in [5.41, 5.74) is 0. The van der Waals surface area contributed by atoms with Crippen molar-refractivity contribution in [3.05, 3.63) is 0 Å². The lowest BCUT2D eigenvalue weighted by Gasteiger charge is -2.42. The van der Waals surface area contributed by atoms with Gasteiger partial charge >= 0.3 is 0 Å². The van der Waals surface area contributed by atoms with E-state index >= 15 is 0 Å². The molecule has 0 aliphatic carbocycles. The molecule has 0 unspecified atom stereocenters. The summed E-state index contributed by atoms with van der Waals surface area (Å²) in [5.74, 6) is -0.366. The van der Waals surface area contributed by atoms with Gasteiger partial charge in [0.25, 0.3) is 0 Å². The van der Waals surface area contributed by atoms with Gasteiger partial charge in [-0.1, -0.05) is 0 Å². The predicted molar refractivity (Wildman–Crippen MR) is 61.6 cm³/mol. The van der Waals surface area contributed by atoms with Gasteiger partial charge in [-0.15, -0.1) is 0 Å². The molecule has 0 bridgehead atoms. The highest BCUT2D eigenvalue weighted by Crippen LogP contribution is 2.22. The van der Waals surface area contributed by atoms with Gasteiger partial charge in [0.1, 0.15) is 24.4 Å². The lowest BCUT2D eigenvalue weighted by Crippen LogP contribution is -2.64. The maximum absolute atomic E-state index is 11.1. The molecule has 5 atom stereocenters. The first-order valence-corrected chi connectivity index (χ1v) is 5.91. The molecule has 4 N–H and O–H groups in total. The zero-order valence-electron chi connectivity index (χ0n) is 10.7. The fourth-order valence-corrected chi connectivity index (χ4v) is 1.85. The second kappa shape index (κ2) is 6.44. The fourth-order valence-electron chi connectivity index (χ4n) is 1.85. The molecule has 0 radical (unpaired) electrons. The summed E-state index contributed by atoms with van der Waals surface area (Å²) in [6.07, 6.45) is -4.58. The number of hydrogen-bond donors (Lipinski definition) is 4. The van der Waals surface area contributed by atoms with Gasteiger partial charge in [0, 0.05) is 6.92 Å². The largest absolute Gasteiger partial charge is 0.394 e. The minimum Gasteiger partial charge on any atom is -0.394 e. The monoisotopic (exact) mass is 263 g/mol. The molecule has 18 heavy (non-hydrogen) atoms. The predicted octanol–water partition coefficient (Wildman–Crippen LogP) is -1.64. The van der Waals surface area contributed by atoms with Crippen LogP contribution in [-0.4, -0.2) is 64.6 Å². The van der Waals surface area contributed by atoms with Crippen molar-refractivity contribution >= 4 is 5.91 Å². The normalized spacial score (nSPS) is 36.7. The van der Waals surface area contributed by atoms with Gasteiger partial charge in [-0.05, 0) is 13.8 Å². The first kappa shape index (κ1) is 15.3. The third-order valence-corrected chi connectivity index (χ3v) is 2.66. The third-order valence-electron chi connectivity index (χ3n) is 2.66. The van der Waals surface area contributed by atoms with Gasteiger partial charge in [-0.25, -0.2) is 0 Å². The number of amides is 1. The molecule has 7 heteroatoms. The molecular weight excluding hydrogens is 242 g/mol. The Morgan fingerprint density at radius 1 is 1.39 bits per heavy atom. The van der Waals surface area contributed by atoms with Gasteiger partial charge in [0.15, 0.2) is 6.29 Å². The van der Waals surface area contributed by atoms with Crippen LogP contribution < -0.4 is 5.32 Å². The molecule has 0 aromatic rings. The Morgan fingerprint density at radius 2 is 2.00 bits per heavy atom. The Morgan fingerprint density at radius 3 is 2.44 bits per heavy atom. The van der Waals surface area contributed by atoms with Crippen LogP contribution in [0.1, 0.15) is 20.8 Å². The van der Waals surface area contributed by atoms with E-state index in [0.29, 0.717) is 0 Å². The van der Waals surface area contributed by atoms with Gasteiger partial charge in [0.05, 0.1) is 12.7 Å². The Bertz CT molecular complexity index is 285. The summed E-state index contributed by atoms with van der Waals surface area (Å²) < 4.78 is 10.8. The molecule has 1 amide bonds. The molecule has 1 aliphatic rings. The van der Waals surface area contributed by atoms with Crippen LogP contribution in [0.3, 0.4) is 0 Å². The van der Waals surface area contributed by atoms with E-state index in [1.54, 1.807) is 13.8 Å². The van der Waals surface area contributed by atoms with Crippen LogP contribution in [0.25, 0.3) is 0 Å². The van der Waals surface area contributed by atoms with Crippen LogP contribution >= 0.6 is 0 Å². The zero-order valence-corrected chi connectivity index (χ0v) is 10.7. The van der Waals surface area contributed by atoms with E-state index < -0.39 is 37.3 Å². The topological polar surface area (TPSA) is 108 Å². The standard InChI is InChI=1S/C11H21NO6/c1-5(2)17-11-8(12-6(3)14)10(16)9(15)7(4-13)18-11/h5,7-11,13,15-16H,4H2,1-3H3,(H,12,14)/t7-,8-,9+,10-,11-/m0/s1. The summed E-state index contributed by atoms with van der Waals surface area (Å²) in [6, 6.07) is -0.873. The van der Waals surface area contributed by atoms with Crippen LogP contribution in [0.15, 0.2) is 0 Å². The SMILES string of the molecule is CC(=O)N[C@@H]1[C@@H](OC(C)C)O[C@@H](CO)[C@@H](O)[C@H]1O. The molecule has 1 saturated heterocycles.